The number of halogens is 1. The highest BCUT2D eigenvalue weighted by atomic mass is 35.5. The van der Waals surface area contributed by atoms with E-state index in [1.165, 1.54) is 12.3 Å². The van der Waals surface area contributed by atoms with E-state index in [1.807, 2.05) is 31.2 Å². The smallest absolute Gasteiger partial charge is 0.280 e. The van der Waals surface area contributed by atoms with Gasteiger partial charge in [-0.3, -0.25) is 19.1 Å². The number of nitrogens with zero attached hydrogens (tertiary/aromatic N) is 3. The Morgan fingerprint density at radius 2 is 1.83 bits per heavy atom. The lowest BCUT2D eigenvalue weighted by atomic mass is 9.97. The standard InChI is InChI=1S/C25H24ClN5O4/c1-14-6-4-5-7-18(14)31-25(34)20(15(2)30(31)3)24(33)29-16-8-10-17(11-9-16)35-19-12-13-28-22(21(19)26)23(27)32/h4-14,18H,1-3H3,(H2,27,32)(H,29,33). The van der Waals surface area contributed by atoms with Crippen LogP contribution in [0.25, 0.3) is 0 Å². The van der Waals surface area contributed by atoms with Crippen LogP contribution < -0.4 is 21.3 Å². The van der Waals surface area contributed by atoms with Crippen LogP contribution in [-0.4, -0.2) is 26.2 Å². The number of rotatable bonds is 6. The fourth-order valence-corrected chi connectivity index (χ4v) is 4.18. The first-order valence-electron chi connectivity index (χ1n) is 10.9. The Labute approximate surface area is 206 Å². The average molecular weight is 494 g/mol. The number of hydrogen-bond acceptors (Lipinski definition) is 5. The zero-order valence-electron chi connectivity index (χ0n) is 19.4. The number of ether oxygens (including phenoxy) is 1. The van der Waals surface area contributed by atoms with Crippen LogP contribution in [0, 0.1) is 12.8 Å². The van der Waals surface area contributed by atoms with Gasteiger partial charge in [0, 0.05) is 36.6 Å². The summed E-state index contributed by atoms with van der Waals surface area (Å²) in [7, 11) is 1.77. The molecule has 0 saturated heterocycles. The molecule has 2 atom stereocenters. The third kappa shape index (κ3) is 4.63. The van der Waals surface area contributed by atoms with E-state index < -0.39 is 11.8 Å². The number of primary amides is 1. The molecule has 2 amide bonds. The number of benzene rings is 1. The molecule has 1 aromatic carbocycles. The summed E-state index contributed by atoms with van der Waals surface area (Å²) in [6.45, 7) is 3.77. The number of nitrogens with one attached hydrogen (secondary N) is 1. The highest BCUT2D eigenvalue weighted by Gasteiger charge is 2.27. The number of hydrogen-bond donors (Lipinski definition) is 2. The Morgan fingerprint density at radius 1 is 1.14 bits per heavy atom. The van der Waals surface area contributed by atoms with Gasteiger partial charge in [-0.25, -0.2) is 9.67 Å². The molecule has 1 aliphatic rings. The van der Waals surface area contributed by atoms with Gasteiger partial charge in [-0.15, -0.1) is 0 Å². The molecule has 1 aliphatic carbocycles. The summed E-state index contributed by atoms with van der Waals surface area (Å²) in [6.07, 6.45) is 9.19. The van der Waals surface area contributed by atoms with Gasteiger partial charge in [-0.05, 0) is 31.2 Å². The number of carbonyl (C=O) groups is 2. The van der Waals surface area contributed by atoms with Crippen LogP contribution in [0.15, 0.2) is 65.6 Å². The molecule has 2 heterocycles. The summed E-state index contributed by atoms with van der Waals surface area (Å²) in [5, 5.41) is 2.78. The molecule has 0 aliphatic heterocycles. The van der Waals surface area contributed by atoms with E-state index in [4.69, 9.17) is 22.1 Å². The molecular formula is C25H24ClN5O4. The van der Waals surface area contributed by atoms with Crippen molar-refractivity contribution in [1.29, 1.82) is 0 Å². The molecule has 10 heteroatoms. The molecule has 3 aromatic rings. The first kappa shape index (κ1) is 24.0. The summed E-state index contributed by atoms with van der Waals surface area (Å²) < 4.78 is 9.04. The second-order valence-electron chi connectivity index (χ2n) is 8.17. The molecule has 0 saturated carbocycles. The van der Waals surface area contributed by atoms with E-state index in [0.29, 0.717) is 17.1 Å². The zero-order valence-corrected chi connectivity index (χ0v) is 20.1. The van der Waals surface area contributed by atoms with Gasteiger partial charge in [0.1, 0.15) is 27.8 Å². The Balaban J connectivity index is 1.53. The summed E-state index contributed by atoms with van der Waals surface area (Å²) in [5.74, 6) is -0.521. The fraction of sp³-hybridized carbons (Fsp3) is 0.200. The van der Waals surface area contributed by atoms with E-state index in [9.17, 15) is 14.4 Å². The minimum absolute atomic E-state index is 0.00540. The van der Waals surface area contributed by atoms with Crippen LogP contribution in [0.1, 0.15) is 39.5 Å². The molecule has 35 heavy (non-hydrogen) atoms. The number of anilines is 1. The van der Waals surface area contributed by atoms with Gasteiger partial charge in [0.15, 0.2) is 0 Å². The van der Waals surface area contributed by atoms with Crippen LogP contribution in [0.4, 0.5) is 5.69 Å². The van der Waals surface area contributed by atoms with Gasteiger partial charge >= 0.3 is 0 Å². The SMILES string of the molecule is Cc1c(C(=O)Nc2ccc(Oc3ccnc(C(N)=O)c3Cl)cc2)c(=O)n(C2C=CC=CC2C)n1C. The maximum atomic E-state index is 13.2. The van der Waals surface area contributed by atoms with E-state index in [1.54, 1.807) is 47.6 Å². The van der Waals surface area contributed by atoms with Crippen molar-refractivity contribution in [3.05, 3.63) is 93.2 Å². The minimum Gasteiger partial charge on any atom is -0.456 e. The molecule has 180 valence electrons. The third-order valence-corrected chi connectivity index (χ3v) is 6.27. The second kappa shape index (κ2) is 9.63. The lowest BCUT2D eigenvalue weighted by molar-refractivity contribution is 0.0993. The lowest BCUT2D eigenvalue weighted by Gasteiger charge is -2.23. The van der Waals surface area contributed by atoms with Crippen molar-refractivity contribution < 1.29 is 14.3 Å². The van der Waals surface area contributed by atoms with Gasteiger partial charge in [-0.2, -0.15) is 0 Å². The fourth-order valence-electron chi connectivity index (χ4n) is 3.94. The van der Waals surface area contributed by atoms with Crippen LogP contribution in [0.5, 0.6) is 11.5 Å². The quantitative estimate of drug-likeness (QED) is 0.537. The molecule has 0 spiro atoms. The van der Waals surface area contributed by atoms with E-state index >= 15 is 0 Å². The van der Waals surface area contributed by atoms with Crippen molar-refractivity contribution in [2.75, 3.05) is 5.32 Å². The largest absolute Gasteiger partial charge is 0.456 e. The molecule has 2 aromatic heterocycles. The maximum absolute atomic E-state index is 13.2. The van der Waals surface area contributed by atoms with Crippen LogP contribution >= 0.6 is 11.6 Å². The van der Waals surface area contributed by atoms with E-state index in [-0.39, 0.29) is 39.5 Å². The van der Waals surface area contributed by atoms with Crippen molar-refractivity contribution >= 4 is 29.1 Å². The molecule has 3 N–H and O–H groups in total. The molecule has 0 bridgehead atoms. The molecular weight excluding hydrogens is 470 g/mol. The minimum atomic E-state index is -0.765. The number of aromatic nitrogens is 3. The summed E-state index contributed by atoms with van der Waals surface area (Å²) in [6, 6.07) is 7.83. The molecule has 0 fully saturated rings. The van der Waals surface area contributed by atoms with Gasteiger partial charge in [0.25, 0.3) is 17.4 Å². The van der Waals surface area contributed by atoms with Gasteiger partial charge in [0.2, 0.25) is 0 Å². The molecule has 0 radical (unpaired) electrons. The topological polar surface area (TPSA) is 121 Å². The normalized spacial score (nSPS) is 16.8. The lowest BCUT2D eigenvalue weighted by Crippen LogP contribution is -2.32. The highest BCUT2D eigenvalue weighted by molar-refractivity contribution is 6.34. The summed E-state index contributed by atoms with van der Waals surface area (Å²) in [4.78, 5) is 41.5. The number of carbonyl (C=O) groups excluding carboxylic acids is 2. The van der Waals surface area contributed by atoms with Crippen molar-refractivity contribution in [3.63, 3.8) is 0 Å². The van der Waals surface area contributed by atoms with Gasteiger partial charge < -0.3 is 15.8 Å². The second-order valence-corrected chi connectivity index (χ2v) is 8.55. The predicted octanol–water partition coefficient (Wildman–Crippen LogP) is 3.99. The Morgan fingerprint density at radius 3 is 2.49 bits per heavy atom. The highest BCUT2D eigenvalue weighted by Crippen LogP contribution is 2.31. The van der Waals surface area contributed by atoms with Gasteiger partial charge in [-0.1, -0.05) is 42.8 Å². The summed E-state index contributed by atoms with van der Waals surface area (Å²) in [5.41, 5.74) is 5.95. The average Bonchev–Trinajstić information content (AvgIpc) is 3.04. The van der Waals surface area contributed by atoms with Crippen molar-refractivity contribution in [2.24, 2.45) is 18.7 Å². The monoisotopic (exact) mass is 493 g/mol. The number of allylic oxidation sites excluding steroid dienone is 4. The van der Waals surface area contributed by atoms with Crippen LogP contribution in [0.3, 0.4) is 0 Å². The Bertz CT molecular complexity index is 1420. The number of pyridine rings is 1. The molecule has 2 unspecified atom stereocenters. The van der Waals surface area contributed by atoms with E-state index in [0.717, 1.165) is 0 Å². The number of nitrogens with two attached hydrogens (primary N) is 1. The maximum Gasteiger partial charge on any atom is 0.280 e. The van der Waals surface area contributed by atoms with Crippen LogP contribution in [0.2, 0.25) is 5.02 Å². The third-order valence-electron chi connectivity index (χ3n) is 5.90. The van der Waals surface area contributed by atoms with Crippen LogP contribution in [-0.2, 0) is 7.05 Å². The Kier molecular flexibility index (Phi) is 6.61. The van der Waals surface area contributed by atoms with Crippen molar-refractivity contribution in [1.82, 2.24) is 14.3 Å². The number of amides is 2. The zero-order chi connectivity index (χ0) is 25.3. The molecule has 9 nitrogen and oxygen atoms in total. The predicted molar refractivity (Wildman–Crippen MR) is 133 cm³/mol. The van der Waals surface area contributed by atoms with Gasteiger partial charge in [0.05, 0.1) is 6.04 Å². The van der Waals surface area contributed by atoms with Crippen molar-refractivity contribution in [2.45, 2.75) is 19.9 Å². The van der Waals surface area contributed by atoms with E-state index in [2.05, 4.69) is 10.3 Å². The van der Waals surface area contributed by atoms with Crippen molar-refractivity contribution in [3.8, 4) is 11.5 Å². The molecule has 4 rings (SSSR count). The summed E-state index contributed by atoms with van der Waals surface area (Å²) >= 11 is 6.14. The first-order chi connectivity index (χ1) is 16.7. The first-order valence-corrected chi connectivity index (χ1v) is 11.2. The Hall–Kier alpha value is -4.11.